The number of nitrogens with zero attached hydrogens (tertiary/aromatic N) is 1. The molecule has 1 aromatic rings. The summed E-state index contributed by atoms with van der Waals surface area (Å²) in [5.41, 5.74) is 0.782. The summed E-state index contributed by atoms with van der Waals surface area (Å²) in [5, 5.41) is 2.92. The first-order valence-corrected chi connectivity index (χ1v) is 8.19. The molecule has 1 atom stereocenters. The van der Waals surface area contributed by atoms with Gasteiger partial charge >= 0.3 is 5.97 Å². The van der Waals surface area contributed by atoms with Gasteiger partial charge in [-0.15, -0.1) is 0 Å². The first-order chi connectivity index (χ1) is 10.5. The lowest BCUT2D eigenvalue weighted by molar-refractivity contribution is -0.147. The predicted octanol–water partition coefficient (Wildman–Crippen LogP) is 2.66. The van der Waals surface area contributed by atoms with E-state index in [1.54, 1.807) is 0 Å². The number of likely N-dealkylation sites (tertiary alicyclic amines) is 1. The van der Waals surface area contributed by atoms with Gasteiger partial charge in [-0.3, -0.25) is 14.5 Å². The quantitative estimate of drug-likeness (QED) is 0.830. The number of rotatable bonds is 4. The van der Waals surface area contributed by atoms with E-state index in [9.17, 15) is 9.59 Å². The molecule has 1 fully saturated rings. The fraction of sp³-hybridized carbons (Fsp3) is 0.500. The van der Waals surface area contributed by atoms with Crippen LogP contribution in [-0.4, -0.2) is 43.0 Å². The van der Waals surface area contributed by atoms with E-state index in [1.165, 1.54) is 7.11 Å². The molecule has 1 amide bonds. The number of hydrogen-bond acceptors (Lipinski definition) is 4. The minimum absolute atomic E-state index is 0.0289. The molecule has 1 heterocycles. The highest BCUT2D eigenvalue weighted by Crippen LogP contribution is 2.21. The summed E-state index contributed by atoms with van der Waals surface area (Å²) in [6, 6.07) is 7.28. The van der Waals surface area contributed by atoms with Crippen LogP contribution in [0.5, 0.6) is 0 Å². The van der Waals surface area contributed by atoms with Crippen molar-refractivity contribution in [3.8, 4) is 0 Å². The third kappa shape index (κ3) is 4.30. The van der Waals surface area contributed by atoms with Gasteiger partial charge in [-0.2, -0.15) is 0 Å². The fourth-order valence-corrected chi connectivity index (χ4v) is 2.90. The zero-order chi connectivity index (χ0) is 16.1. The van der Waals surface area contributed by atoms with Crippen LogP contribution in [0.25, 0.3) is 0 Å². The molecule has 120 valence electrons. The molecule has 0 unspecified atom stereocenters. The van der Waals surface area contributed by atoms with Gasteiger partial charge in [0.05, 0.1) is 19.1 Å². The summed E-state index contributed by atoms with van der Waals surface area (Å²) in [4.78, 5) is 25.9. The Balaban J connectivity index is 1.86. The fourth-order valence-electron chi connectivity index (χ4n) is 2.63. The molecule has 0 spiro atoms. The third-order valence-corrected chi connectivity index (χ3v) is 4.63. The Morgan fingerprint density at radius 3 is 2.41 bits per heavy atom. The van der Waals surface area contributed by atoms with Crippen LogP contribution in [-0.2, 0) is 14.3 Å². The summed E-state index contributed by atoms with van der Waals surface area (Å²) in [6.45, 7) is 3.36. The molecule has 6 heteroatoms. The van der Waals surface area contributed by atoms with E-state index in [0.717, 1.165) is 36.1 Å². The van der Waals surface area contributed by atoms with Crippen molar-refractivity contribution in [3.05, 3.63) is 28.7 Å². The number of amides is 1. The lowest BCUT2D eigenvalue weighted by Crippen LogP contribution is -2.47. The highest BCUT2D eigenvalue weighted by Gasteiger charge is 2.30. The van der Waals surface area contributed by atoms with Crippen LogP contribution in [0.3, 0.4) is 0 Å². The van der Waals surface area contributed by atoms with Crippen molar-refractivity contribution in [2.45, 2.75) is 25.8 Å². The molecule has 2 rings (SSSR count). The largest absolute Gasteiger partial charge is 0.469 e. The van der Waals surface area contributed by atoms with E-state index >= 15 is 0 Å². The number of carbonyl (C=O) groups is 2. The maximum atomic E-state index is 12.3. The molecule has 0 bridgehead atoms. The molecule has 1 saturated heterocycles. The minimum Gasteiger partial charge on any atom is -0.469 e. The molecule has 0 radical (unpaired) electrons. The molecular formula is C16H21BrN2O3. The molecule has 1 aromatic carbocycles. The molecule has 1 N–H and O–H groups in total. The van der Waals surface area contributed by atoms with Crippen LogP contribution >= 0.6 is 15.9 Å². The van der Waals surface area contributed by atoms with Crippen LogP contribution in [0, 0.1) is 5.92 Å². The standard InChI is InChI=1S/C16H21BrN2O3/c1-11(15(20)18-14-5-3-13(17)4-6-14)19-9-7-12(8-10-19)16(21)22-2/h3-6,11-12H,7-10H2,1-2H3,(H,18,20)/t11-/m0/s1. The topological polar surface area (TPSA) is 58.6 Å². The maximum Gasteiger partial charge on any atom is 0.308 e. The number of methoxy groups -OCH3 is 1. The summed E-state index contributed by atoms with van der Waals surface area (Å²) < 4.78 is 5.76. The Bertz CT molecular complexity index is 525. The van der Waals surface area contributed by atoms with Gasteiger partial charge in [-0.25, -0.2) is 0 Å². The van der Waals surface area contributed by atoms with Gasteiger partial charge in [0.15, 0.2) is 0 Å². The average Bonchev–Trinajstić information content (AvgIpc) is 2.55. The molecule has 0 saturated carbocycles. The Morgan fingerprint density at radius 2 is 1.86 bits per heavy atom. The van der Waals surface area contributed by atoms with Gasteiger partial charge in [-0.1, -0.05) is 15.9 Å². The molecular weight excluding hydrogens is 348 g/mol. The average molecular weight is 369 g/mol. The van der Waals surface area contributed by atoms with E-state index in [2.05, 4.69) is 26.1 Å². The smallest absolute Gasteiger partial charge is 0.308 e. The normalized spacial score (nSPS) is 17.8. The molecule has 5 nitrogen and oxygen atoms in total. The highest BCUT2D eigenvalue weighted by molar-refractivity contribution is 9.10. The molecule has 0 aliphatic carbocycles. The van der Waals surface area contributed by atoms with Gasteiger partial charge in [-0.05, 0) is 57.1 Å². The molecule has 1 aliphatic heterocycles. The van der Waals surface area contributed by atoms with E-state index in [1.807, 2.05) is 31.2 Å². The van der Waals surface area contributed by atoms with Crippen LogP contribution in [0.15, 0.2) is 28.7 Å². The van der Waals surface area contributed by atoms with Crippen molar-refractivity contribution in [2.24, 2.45) is 5.92 Å². The van der Waals surface area contributed by atoms with Crippen molar-refractivity contribution in [2.75, 3.05) is 25.5 Å². The number of anilines is 1. The van der Waals surface area contributed by atoms with Crippen LogP contribution in [0.1, 0.15) is 19.8 Å². The van der Waals surface area contributed by atoms with Crippen molar-refractivity contribution >= 4 is 33.5 Å². The number of piperidine rings is 1. The van der Waals surface area contributed by atoms with Crippen LogP contribution < -0.4 is 5.32 Å². The number of benzene rings is 1. The number of ether oxygens (including phenoxy) is 1. The number of esters is 1. The van der Waals surface area contributed by atoms with Gasteiger partial charge in [0, 0.05) is 10.2 Å². The highest BCUT2D eigenvalue weighted by atomic mass is 79.9. The minimum atomic E-state index is -0.220. The maximum absolute atomic E-state index is 12.3. The summed E-state index contributed by atoms with van der Waals surface area (Å²) in [7, 11) is 1.42. The monoisotopic (exact) mass is 368 g/mol. The van der Waals surface area contributed by atoms with Crippen molar-refractivity contribution in [1.82, 2.24) is 4.90 Å². The molecule has 22 heavy (non-hydrogen) atoms. The Labute approximate surface area is 139 Å². The first kappa shape index (κ1) is 17.0. The number of carbonyl (C=O) groups excluding carboxylic acids is 2. The second kappa shape index (κ2) is 7.74. The lowest BCUT2D eigenvalue weighted by Gasteiger charge is -2.34. The van der Waals surface area contributed by atoms with Crippen LogP contribution in [0.4, 0.5) is 5.69 Å². The van der Waals surface area contributed by atoms with Gasteiger partial charge < -0.3 is 10.1 Å². The Kier molecular flexibility index (Phi) is 5.97. The van der Waals surface area contributed by atoms with E-state index in [4.69, 9.17) is 4.74 Å². The zero-order valence-electron chi connectivity index (χ0n) is 12.8. The van der Waals surface area contributed by atoms with E-state index in [0.29, 0.717) is 0 Å². The van der Waals surface area contributed by atoms with E-state index in [-0.39, 0.29) is 23.8 Å². The van der Waals surface area contributed by atoms with Gasteiger partial charge in [0.2, 0.25) is 5.91 Å². The molecule has 1 aliphatic rings. The second-order valence-corrected chi connectivity index (χ2v) is 6.42. The van der Waals surface area contributed by atoms with Crippen molar-refractivity contribution in [1.29, 1.82) is 0 Å². The van der Waals surface area contributed by atoms with Crippen molar-refractivity contribution in [3.63, 3.8) is 0 Å². The Morgan fingerprint density at radius 1 is 1.27 bits per heavy atom. The first-order valence-electron chi connectivity index (χ1n) is 7.39. The lowest BCUT2D eigenvalue weighted by atomic mass is 9.96. The van der Waals surface area contributed by atoms with Gasteiger partial charge in [0.1, 0.15) is 0 Å². The van der Waals surface area contributed by atoms with Crippen molar-refractivity contribution < 1.29 is 14.3 Å². The summed E-state index contributed by atoms with van der Waals surface area (Å²) in [6.07, 6.45) is 1.48. The Hall–Kier alpha value is -1.40. The van der Waals surface area contributed by atoms with E-state index < -0.39 is 0 Å². The number of halogens is 1. The molecule has 0 aromatic heterocycles. The van der Waals surface area contributed by atoms with Gasteiger partial charge in [0.25, 0.3) is 0 Å². The number of nitrogens with one attached hydrogen (secondary N) is 1. The van der Waals surface area contributed by atoms with Crippen LogP contribution in [0.2, 0.25) is 0 Å². The third-order valence-electron chi connectivity index (χ3n) is 4.10. The summed E-state index contributed by atoms with van der Waals surface area (Å²) in [5.74, 6) is -0.214. The number of hydrogen-bond donors (Lipinski definition) is 1. The second-order valence-electron chi connectivity index (χ2n) is 5.51. The summed E-state index contributed by atoms with van der Waals surface area (Å²) >= 11 is 3.37. The zero-order valence-corrected chi connectivity index (χ0v) is 14.4. The predicted molar refractivity (Wildman–Crippen MR) is 88.5 cm³/mol. The SMILES string of the molecule is COC(=O)C1CCN([C@@H](C)C(=O)Nc2ccc(Br)cc2)CC1.